The lowest BCUT2D eigenvalue weighted by atomic mass is 10.2. The smallest absolute Gasteiger partial charge is 0.257 e. The molecule has 1 amide bonds. The van der Waals surface area contributed by atoms with E-state index in [-0.39, 0.29) is 17.8 Å². The van der Waals surface area contributed by atoms with E-state index in [1.54, 1.807) is 7.05 Å². The molecule has 1 atom stereocenters. The van der Waals surface area contributed by atoms with Gasteiger partial charge in [0.15, 0.2) is 5.82 Å². The van der Waals surface area contributed by atoms with Crippen molar-refractivity contribution in [2.45, 2.75) is 19.9 Å². The van der Waals surface area contributed by atoms with Gasteiger partial charge in [-0.25, -0.2) is 0 Å². The molecule has 0 fully saturated rings. The first-order valence-electron chi connectivity index (χ1n) is 5.41. The number of hydrogen-bond donors (Lipinski definition) is 3. The fraction of sp³-hybridized carbons (Fsp3) is 0.600. The lowest BCUT2D eigenvalue weighted by molar-refractivity contribution is 0.0964. The monoisotopic (exact) mass is 258 g/mol. The van der Waals surface area contributed by atoms with Crippen molar-refractivity contribution in [3.63, 3.8) is 0 Å². The Labute approximate surface area is 105 Å². The molecule has 1 rings (SSSR count). The third-order valence-electron chi connectivity index (χ3n) is 2.12. The summed E-state index contributed by atoms with van der Waals surface area (Å²) < 4.78 is 9.27. The fourth-order valence-electron chi connectivity index (χ4n) is 1.31. The van der Waals surface area contributed by atoms with Crippen molar-refractivity contribution >= 4 is 28.3 Å². The number of nitrogens with two attached hydrogens (primary N) is 1. The van der Waals surface area contributed by atoms with E-state index in [4.69, 9.17) is 10.5 Å². The first kappa shape index (κ1) is 13.7. The number of nitrogens with one attached hydrogen (secondary N) is 2. The number of carbonyl (C=O) groups excluding carboxylic acids is 1. The summed E-state index contributed by atoms with van der Waals surface area (Å²) in [4.78, 5) is 11.6. The Bertz CT molecular complexity index is 380. The van der Waals surface area contributed by atoms with Crippen molar-refractivity contribution < 1.29 is 9.53 Å². The van der Waals surface area contributed by atoms with Gasteiger partial charge in [0.2, 0.25) is 0 Å². The summed E-state index contributed by atoms with van der Waals surface area (Å²) in [5, 5.41) is 6.39. The van der Waals surface area contributed by atoms with Gasteiger partial charge < -0.3 is 21.1 Å². The Hall–Kier alpha value is -1.34. The van der Waals surface area contributed by atoms with Gasteiger partial charge in [-0.15, -0.1) is 0 Å². The molecule has 0 radical (unpaired) electrons. The van der Waals surface area contributed by atoms with Crippen LogP contribution in [0.4, 0.5) is 10.8 Å². The minimum Gasteiger partial charge on any atom is -0.382 e. The van der Waals surface area contributed by atoms with Crippen LogP contribution in [-0.4, -0.2) is 36.6 Å². The largest absolute Gasteiger partial charge is 0.382 e. The van der Waals surface area contributed by atoms with Gasteiger partial charge in [-0.3, -0.25) is 4.79 Å². The van der Waals surface area contributed by atoms with E-state index in [0.717, 1.165) is 0 Å². The molecular formula is C10H18N4O2S. The van der Waals surface area contributed by atoms with Crippen LogP contribution in [-0.2, 0) is 4.74 Å². The third kappa shape index (κ3) is 3.57. The second kappa shape index (κ2) is 6.41. The summed E-state index contributed by atoms with van der Waals surface area (Å²) >= 11 is 1.18. The highest BCUT2D eigenvalue weighted by molar-refractivity contribution is 7.11. The van der Waals surface area contributed by atoms with Gasteiger partial charge in [-0.1, -0.05) is 0 Å². The zero-order chi connectivity index (χ0) is 12.8. The lowest BCUT2D eigenvalue weighted by Gasteiger charge is -2.14. The normalized spacial score (nSPS) is 12.2. The van der Waals surface area contributed by atoms with E-state index in [1.165, 1.54) is 11.5 Å². The Balaban J connectivity index is 2.74. The second-order valence-corrected chi connectivity index (χ2v) is 4.33. The van der Waals surface area contributed by atoms with Crippen molar-refractivity contribution in [2.24, 2.45) is 0 Å². The van der Waals surface area contributed by atoms with E-state index in [9.17, 15) is 4.79 Å². The predicted octanol–water partition coefficient (Wildman–Crippen LogP) is 0.922. The average Bonchev–Trinajstić information content (AvgIpc) is 2.67. The molecule has 1 unspecified atom stereocenters. The number of carbonyl (C=O) groups is 1. The van der Waals surface area contributed by atoms with Crippen molar-refractivity contribution in [3.05, 3.63) is 5.56 Å². The average molecular weight is 258 g/mol. The number of ether oxygens (including phenoxy) is 1. The summed E-state index contributed by atoms with van der Waals surface area (Å²) in [6, 6.07) is 0.0956. The highest BCUT2D eigenvalue weighted by Gasteiger charge is 2.19. The topological polar surface area (TPSA) is 89.3 Å². The molecular weight excluding hydrogens is 240 g/mol. The Kier molecular flexibility index (Phi) is 5.17. The molecule has 0 aliphatic rings. The standard InChI is InChI=1S/C10H18N4O2S/c1-4-16-5-6(2)13-10-7(9(15)12-3)8(11)14-17-10/h6,13H,4-5H2,1-3H3,(H2,11,14)(H,12,15). The van der Waals surface area contributed by atoms with Crippen LogP contribution in [0.3, 0.4) is 0 Å². The zero-order valence-electron chi connectivity index (χ0n) is 10.2. The van der Waals surface area contributed by atoms with Gasteiger partial charge in [0.1, 0.15) is 10.6 Å². The molecule has 0 aromatic carbocycles. The van der Waals surface area contributed by atoms with Gasteiger partial charge in [-0.2, -0.15) is 4.37 Å². The van der Waals surface area contributed by atoms with Crippen molar-refractivity contribution in [3.8, 4) is 0 Å². The number of hydrogen-bond acceptors (Lipinski definition) is 6. The van der Waals surface area contributed by atoms with Crippen LogP contribution in [0.15, 0.2) is 0 Å². The number of rotatable bonds is 6. The molecule has 0 saturated carbocycles. The van der Waals surface area contributed by atoms with E-state index >= 15 is 0 Å². The number of nitrogens with zero attached hydrogens (tertiary/aromatic N) is 1. The first-order chi connectivity index (χ1) is 8.10. The van der Waals surface area contributed by atoms with Crippen molar-refractivity contribution in [1.82, 2.24) is 9.69 Å². The minimum absolute atomic E-state index is 0.0956. The van der Waals surface area contributed by atoms with E-state index in [0.29, 0.717) is 23.8 Å². The molecule has 1 aromatic heterocycles. The Morgan fingerprint density at radius 1 is 1.65 bits per heavy atom. The van der Waals surface area contributed by atoms with Gasteiger partial charge >= 0.3 is 0 Å². The number of anilines is 2. The van der Waals surface area contributed by atoms with Gasteiger partial charge in [-0.05, 0) is 25.4 Å². The van der Waals surface area contributed by atoms with Crippen molar-refractivity contribution in [2.75, 3.05) is 31.3 Å². The molecule has 0 aliphatic carbocycles. The number of amides is 1. The number of nitrogen functional groups attached to an aromatic ring is 1. The summed E-state index contributed by atoms with van der Waals surface area (Å²) in [6.45, 7) is 5.15. The maximum absolute atomic E-state index is 11.6. The molecule has 0 aliphatic heterocycles. The van der Waals surface area contributed by atoms with Crippen LogP contribution in [0.1, 0.15) is 24.2 Å². The van der Waals surface area contributed by atoms with Crippen LogP contribution >= 0.6 is 11.5 Å². The highest BCUT2D eigenvalue weighted by atomic mass is 32.1. The predicted molar refractivity (Wildman–Crippen MR) is 69.5 cm³/mol. The van der Waals surface area contributed by atoms with Gasteiger partial charge in [0.05, 0.1) is 6.61 Å². The van der Waals surface area contributed by atoms with Crippen LogP contribution in [0.25, 0.3) is 0 Å². The summed E-state index contributed by atoms with van der Waals surface area (Å²) in [5.41, 5.74) is 6.06. The molecule has 7 heteroatoms. The quantitative estimate of drug-likeness (QED) is 0.706. The number of aromatic nitrogens is 1. The molecule has 0 bridgehead atoms. The Morgan fingerprint density at radius 2 is 2.35 bits per heavy atom. The maximum atomic E-state index is 11.6. The van der Waals surface area contributed by atoms with Crippen molar-refractivity contribution in [1.29, 1.82) is 0 Å². The lowest BCUT2D eigenvalue weighted by Crippen LogP contribution is -2.24. The van der Waals surface area contributed by atoms with E-state index in [2.05, 4.69) is 15.0 Å². The third-order valence-corrected chi connectivity index (χ3v) is 2.91. The zero-order valence-corrected chi connectivity index (χ0v) is 11.1. The summed E-state index contributed by atoms with van der Waals surface area (Å²) in [7, 11) is 1.56. The van der Waals surface area contributed by atoms with Crippen LogP contribution in [0.5, 0.6) is 0 Å². The summed E-state index contributed by atoms with van der Waals surface area (Å²) in [6.07, 6.45) is 0. The Morgan fingerprint density at radius 3 is 2.94 bits per heavy atom. The first-order valence-corrected chi connectivity index (χ1v) is 6.19. The van der Waals surface area contributed by atoms with E-state index in [1.807, 2.05) is 13.8 Å². The molecule has 96 valence electrons. The second-order valence-electron chi connectivity index (χ2n) is 3.56. The van der Waals surface area contributed by atoms with Gasteiger partial charge in [0.25, 0.3) is 5.91 Å². The fourth-order valence-corrected chi connectivity index (χ4v) is 2.13. The molecule has 0 saturated heterocycles. The van der Waals surface area contributed by atoms with Gasteiger partial charge in [0, 0.05) is 19.7 Å². The van der Waals surface area contributed by atoms with Crippen LogP contribution in [0, 0.1) is 0 Å². The molecule has 1 heterocycles. The minimum atomic E-state index is -0.234. The molecule has 17 heavy (non-hydrogen) atoms. The highest BCUT2D eigenvalue weighted by Crippen LogP contribution is 2.27. The molecule has 4 N–H and O–H groups in total. The molecule has 0 spiro atoms. The van der Waals surface area contributed by atoms with Crippen LogP contribution < -0.4 is 16.4 Å². The van der Waals surface area contributed by atoms with Crippen LogP contribution in [0.2, 0.25) is 0 Å². The molecule has 1 aromatic rings. The van der Waals surface area contributed by atoms with E-state index < -0.39 is 0 Å². The maximum Gasteiger partial charge on any atom is 0.257 e. The summed E-state index contributed by atoms with van der Waals surface area (Å²) in [5.74, 6) is 0.0165. The molecule has 6 nitrogen and oxygen atoms in total. The SMILES string of the molecule is CCOCC(C)Nc1snc(N)c1C(=O)NC.